The molecule has 0 spiro atoms. The number of carbonyl (C=O) groups excluding carboxylic acids is 1. The number of halogens is 1. The zero-order valence-electron chi connectivity index (χ0n) is 9.93. The van der Waals surface area contributed by atoms with E-state index in [-0.39, 0.29) is 29.0 Å². The molecule has 0 N–H and O–H groups in total. The predicted molar refractivity (Wildman–Crippen MR) is 71.5 cm³/mol. The largest absolute Gasteiger partial charge is 0.299 e. The van der Waals surface area contributed by atoms with E-state index in [4.69, 9.17) is 11.6 Å². The summed E-state index contributed by atoms with van der Waals surface area (Å²) in [6.07, 6.45) is 0.979. The molecule has 0 amide bonds. The highest BCUT2D eigenvalue weighted by Gasteiger charge is 2.34. The number of thiophene rings is 1. The number of carbonyl (C=O) groups is 1. The summed E-state index contributed by atoms with van der Waals surface area (Å²) in [6.45, 7) is 2.46. The van der Waals surface area contributed by atoms with Crippen LogP contribution >= 0.6 is 22.9 Å². The Balaban J connectivity index is 2.23. The molecule has 0 aromatic carbocycles. The topological polar surface area (TPSA) is 54.5 Å². The average Bonchev–Trinajstić information content (AvgIpc) is 2.77. The smallest absolute Gasteiger partial charge is 0.252 e. The Morgan fingerprint density at radius 3 is 2.78 bits per heavy atom. The van der Waals surface area contributed by atoms with Crippen molar-refractivity contribution in [3.05, 3.63) is 16.5 Å². The van der Waals surface area contributed by atoms with Crippen molar-refractivity contribution in [1.29, 1.82) is 0 Å². The fourth-order valence-corrected chi connectivity index (χ4v) is 5.14. The molecule has 1 aliphatic rings. The summed E-state index contributed by atoms with van der Waals surface area (Å²) in [4.78, 5) is 11.6. The van der Waals surface area contributed by atoms with Crippen LogP contribution in [0, 0.1) is 5.92 Å². The molecule has 1 aromatic heterocycles. The van der Waals surface area contributed by atoms with Crippen molar-refractivity contribution in [2.24, 2.45) is 5.92 Å². The van der Waals surface area contributed by atoms with E-state index >= 15 is 0 Å². The molecule has 0 saturated carbocycles. The van der Waals surface area contributed by atoms with Gasteiger partial charge in [-0.05, 0) is 18.6 Å². The lowest BCUT2D eigenvalue weighted by molar-refractivity contribution is -0.125. The van der Waals surface area contributed by atoms with Gasteiger partial charge >= 0.3 is 0 Å². The highest BCUT2D eigenvalue weighted by atomic mass is 35.5. The van der Waals surface area contributed by atoms with Gasteiger partial charge in [0.1, 0.15) is 9.99 Å². The summed E-state index contributed by atoms with van der Waals surface area (Å²) < 4.78 is 26.8. The minimum absolute atomic E-state index is 0.160. The van der Waals surface area contributed by atoms with E-state index in [0.29, 0.717) is 17.2 Å². The second-order valence-electron chi connectivity index (χ2n) is 4.24. The van der Waals surface area contributed by atoms with Crippen LogP contribution in [0.25, 0.3) is 0 Å². The molecule has 2 heterocycles. The number of nitrogens with zero attached hydrogens (tertiary/aromatic N) is 1. The maximum atomic E-state index is 12.3. The molecule has 1 atom stereocenters. The molecule has 4 nitrogen and oxygen atoms in total. The van der Waals surface area contributed by atoms with E-state index in [1.807, 2.05) is 6.92 Å². The summed E-state index contributed by atoms with van der Waals surface area (Å²) >= 11 is 6.81. The molecule has 1 aromatic rings. The first-order valence-electron chi connectivity index (χ1n) is 5.73. The average molecular weight is 308 g/mol. The van der Waals surface area contributed by atoms with Crippen LogP contribution < -0.4 is 0 Å². The molecular weight excluding hydrogens is 294 g/mol. The molecule has 1 aliphatic heterocycles. The van der Waals surface area contributed by atoms with Crippen LogP contribution in [0.5, 0.6) is 0 Å². The standard InChI is InChI=1S/C11H14ClNO3S2/c1-2-8-7-13(6-5-9(8)14)18(15,16)11-4-3-10(12)17-11/h3-4,8H,2,5-7H2,1H3. The van der Waals surface area contributed by atoms with Gasteiger partial charge in [0, 0.05) is 25.4 Å². The van der Waals surface area contributed by atoms with Crippen LogP contribution in [0.15, 0.2) is 16.3 Å². The first-order valence-corrected chi connectivity index (χ1v) is 8.36. The number of hydrogen-bond donors (Lipinski definition) is 0. The van der Waals surface area contributed by atoms with Crippen molar-refractivity contribution in [3.63, 3.8) is 0 Å². The maximum absolute atomic E-state index is 12.3. The van der Waals surface area contributed by atoms with Gasteiger partial charge in [-0.2, -0.15) is 4.31 Å². The van der Waals surface area contributed by atoms with Crippen LogP contribution in [0.2, 0.25) is 4.34 Å². The molecule has 0 aliphatic carbocycles. The Bertz CT molecular complexity index is 552. The van der Waals surface area contributed by atoms with Crippen molar-refractivity contribution < 1.29 is 13.2 Å². The highest BCUT2D eigenvalue weighted by Crippen LogP contribution is 2.30. The predicted octanol–water partition coefficient (Wildman–Crippen LogP) is 2.39. The minimum Gasteiger partial charge on any atom is -0.299 e. The van der Waals surface area contributed by atoms with Gasteiger partial charge in [0.05, 0.1) is 4.34 Å². The fraction of sp³-hybridized carbons (Fsp3) is 0.545. The third-order valence-corrected chi connectivity index (χ3v) is 6.69. The zero-order valence-corrected chi connectivity index (χ0v) is 12.3. The summed E-state index contributed by atoms with van der Waals surface area (Å²) in [5.41, 5.74) is 0. The quantitative estimate of drug-likeness (QED) is 0.861. The SMILES string of the molecule is CCC1CN(S(=O)(=O)c2ccc(Cl)s2)CCC1=O. The monoisotopic (exact) mass is 307 g/mol. The number of hydrogen-bond acceptors (Lipinski definition) is 4. The Morgan fingerprint density at radius 2 is 2.22 bits per heavy atom. The number of rotatable bonds is 3. The Labute approximate surface area is 116 Å². The van der Waals surface area contributed by atoms with E-state index in [0.717, 1.165) is 11.3 Å². The van der Waals surface area contributed by atoms with E-state index < -0.39 is 10.0 Å². The molecule has 0 bridgehead atoms. The normalized spacial score (nSPS) is 22.3. The van der Waals surface area contributed by atoms with E-state index in [2.05, 4.69) is 0 Å². The van der Waals surface area contributed by atoms with E-state index in [1.54, 1.807) is 6.07 Å². The number of sulfonamides is 1. The molecular formula is C11H14ClNO3S2. The molecule has 18 heavy (non-hydrogen) atoms. The Hall–Kier alpha value is -0.430. The lowest BCUT2D eigenvalue weighted by Crippen LogP contribution is -2.43. The first kappa shape index (κ1) is 14.0. The van der Waals surface area contributed by atoms with Crippen LogP contribution in [0.4, 0.5) is 0 Å². The molecule has 1 unspecified atom stereocenters. The van der Waals surface area contributed by atoms with E-state index in [1.165, 1.54) is 10.4 Å². The molecule has 7 heteroatoms. The van der Waals surface area contributed by atoms with E-state index in [9.17, 15) is 13.2 Å². The van der Waals surface area contributed by atoms with Gasteiger partial charge in [-0.1, -0.05) is 18.5 Å². The maximum Gasteiger partial charge on any atom is 0.252 e. The molecule has 1 saturated heterocycles. The van der Waals surface area contributed by atoms with Gasteiger partial charge < -0.3 is 0 Å². The van der Waals surface area contributed by atoms with Crippen molar-refractivity contribution in [2.75, 3.05) is 13.1 Å². The number of ketones is 1. The Kier molecular flexibility index (Phi) is 4.11. The van der Waals surface area contributed by atoms with Crippen molar-refractivity contribution in [2.45, 2.75) is 24.0 Å². The summed E-state index contributed by atoms with van der Waals surface area (Å²) in [5.74, 6) is -0.0166. The lowest BCUT2D eigenvalue weighted by Gasteiger charge is -2.29. The van der Waals surface area contributed by atoms with Crippen molar-refractivity contribution >= 4 is 38.7 Å². The highest BCUT2D eigenvalue weighted by molar-refractivity contribution is 7.91. The molecule has 0 radical (unpaired) electrons. The summed E-state index contributed by atoms with van der Waals surface area (Å²) in [5, 5.41) is 0. The van der Waals surface area contributed by atoms with Crippen molar-refractivity contribution in [1.82, 2.24) is 4.31 Å². The third kappa shape index (κ3) is 2.61. The summed E-state index contributed by atoms with van der Waals surface area (Å²) in [7, 11) is -3.49. The van der Waals surface area contributed by atoms with Gasteiger partial charge in [-0.3, -0.25) is 4.79 Å². The van der Waals surface area contributed by atoms with Gasteiger partial charge in [-0.15, -0.1) is 11.3 Å². The zero-order chi connectivity index (χ0) is 13.3. The second kappa shape index (κ2) is 5.28. The Morgan fingerprint density at radius 1 is 1.50 bits per heavy atom. The fourth-order valence-electron chi connectivity index (χ4n) is 2.02. The van der Waals surface area contributed by atoms with Crippen LogP contribution in [-0.4, -0.2) is 31.6 Å². The lowest BCUT2D eigenvalue weighted by atomic mass is 9.96. The molecule has 100 valence electrons. The van der Waals surface area contributed by atoms with Crippen LogP contribution in [-0.2, 0) is 14.8 Å². The number of Topliss-reactive ketones (excluding diaryl/α,β-unsaturated/α-hetero) is 1. The summed E-state index contributed by atoms with van der Waals surface area (Å²) in [6, 6.07) is 3.09. The van der Waals surface area contributed by atoms with Crippen molar-refractivity contribution in [3.8, 4) is 0 Å². The molecule has 1 fully saturated rings. The molecule has 2 rings (SSSR count). The first-order chi connectivity index (χ1) is 8.45. The van der Waals surface area contributed by atoms with Gasteiger partial charge in [0.15, 0.2) is 0 Å². The second-order valence-corrected chi connectivity index (χ2v) is 8.12. The third-order valence-electron chi connectivity index (χ3n) is 3.12. The van der Waals surface area contributed by atoms with Gasteiger partial charge in [-0.25, -0.2) is 8.42 Å². The van der Waals surface area contributed by atoms with Gasteiger partial charge in [0.25, 0.3) is 10.0 Å². The van der Waals surface area contributed by atoms with Crippen LogP contribution in [0.1, 0.15) is 19.8 Å². The van der Waals surface area contributed by atoms with Gasteiger partial charge in [0.2, 0.25) is 0 Å². The minimum atomic E-state index is -3.49. The van der Waals surface area contributed by atoms with Crippen LogP contribution in [0.3, 0.4) is 0 Å². The number of piperidine rings is 1.